The zero-order valence-electron chi connectivity index (χ0n) is 14.9. The minimum absolute atomic E-state index is 0.0341. The third kappa shape index (κ3) is 4.29. The lowest BCUT2D eigenvalue weighted by molar-refractivity contribution is -0.115. The molecular weight excluding hydrogens is 388 g/mol. The van der Waals surface area contributed by atoms with E-state index in [4.69, 9.17) is 0 Å². The first-order valence-electron chi connectivity index (χ1n) is 8.88. The summed E-state index contributed by atoms with van der Waals surface area (Å²) >= 11 is 3.40. The molecular formula is C22H18N2O2S2. The van der Waals surface area contributed by atoms with Crippen LogP contribution in [0.15, 0.2) is 79.1 Å². The van der Waals surface area contributed by atoms with Gasteiger partial charge in [0.2, 0.25) is 5.91 Å². The summed E-state index contributed by atoms with van der Waals surface area (Å²) in [6.45, 7) is 0. The monoisotopic (exact) mass is 406 g/mol. The molecule has 1 aliphatic rings. The number of hydrogen-bond acceptors (Lipinski definition) is 5. The van der Waals surface area contributed by atoms with Crippen LogP contribution in [0.5, 0.6) is 0 Å². The van der Waals surface area contributed by atoms with E-state index in [0.29, 0.717) is 16.8 Å². The van der Waals surface area contributed by atoms with Crippen LogP contribution >= 0.6 is 23.5 Å². The van der Waals surface area contributed by atoms with Gasteiger partial charge >= 0.3 is 0 Å². The van der Waals surface area contributed by atoms with Gasteiger partial charge in [0.05, 0.1) is 9.83 Å². The number of carbonyl (C=O) groups excluding carboxylic acids is 2. The summed E-state index contributed by atoms with van der Waals surface area (Å²) in [4.78, 5) is 29.5. The second kappa shape index (κ2) is 8.63. The number of nitrogens with one attached hydrogen (secondary N) is 1. The van der Waals surface area contributed by atoms with Crippen LogP contribution in [0.25, 0.3) is 0 Å². The van der Waals surface area contributed by atoms with Gasteiger partial charge in [0.25, 0.3) is 0 Å². The lowest BCUT2D eigenvalue weighted by atomic mass is 10.0. The predicted molar refractivity (Wildman–Crippen MR) is 116 cm³/mol. The Morgan fingerprint density at radius 3 is 2.57 bits per heavy atom. The molecule has 1 N–H and O–H groups in total. The molecule has 2 heterocycles. The zero-order chi connectivity index (χ0) is 19.3. The van der Waals surface area contributed by atoms with Gasteiger partial charge in [-0.1, -0.05) is 48.5 Å². The van der Waals surface area contributed by atoms with E-state index in [-0.39, 0.29) is 21.5 Å². The van der Waals surface area contributed by atoms with Gasteiger partial charge in [0.15, 0.2) is 5.78 Å². The van der Waals surface area contributed by atoms with E-state index in [2.05, 4.69) is 10.3 Å². The van der Waals surface area contributed by atoms with Gasteiger partial charge in [-0.05, 0) is 23.8 Å². The fourth-order valence-corrected chi connectivity index (χ4v) is 6.06. The number of benzene rings is 2. The highest BCUT2D eigenvalue weighted by Crippen LogP contribution is 2.49. The highest BCUT2D eigenvalue weighted by molar-refractivity contribution is 8.20. The number of amides is 1. The van der Waals surface area contributed by atoms with Crippen molar-refractivity contribution in [1.82, 2.24) is 4.98 Å². The maximum Gasteiger partial charge on any atom is 0.238 e. The molecule has 2 atom stereocenters. The average molecular weight is 407 g/mol. The molecule has 1 amide bonds. The number of carbonyl (C=O) groups is 2. The van der Waals surface area contributed by atoms with E-state index in [0.717, 1.165) is 11.3 Å². The van der Waals surface area contributed by atoms with Gasteiger partial charge in [0.1, 0.15) is 0 Å². The van der Waals surface area contributed by atoms with E-state index in [9.17, 15) is 9.59 Å². The Labute approximate surface area is 172 Å². The van der Waals surface area contributed by atoms with Crippen LogP contribution in [-0.4, -0.2) is 27.7 Å². The molecule has 2 aromatic carbocycles. The van der Waals surface area contributed by atoms with Crippen molar-refractivity contribution in [2.75, 3.05) is 11.1 Å². The smallest absolute Gasteiger partial charge is 0.238 e. The minimum atomic E-state index is -0.135. The molecule has 4 nitrogen and oxygen atoms in total. The van der Waals surface area contributed by atoms with Gasteiger partial charge in [-0.3, -0.25) is 14.6 Å². The molecule has 0 spiro atoms. The Hall–Kier alpha value is -2.57. The van der Waals surface area contributed by atoms with Crippen molar-refractivity contribution in [1.29, 1.82) is 0 Å². The van der Waals surface area contributed by atoms with Crippen molar-refractivity contribution in [3.8, 4) is 0 Å². The average Bonchev–Trinajstić information content (AvgIpc) is 3.25. The largest absolute Gasteiger partial charge is 0.325 e. The topological polar surface area (TPSA) is 59.1 Å². The first-order chi connectivity index (χ1) is 13.7. The van der Waals surface area contributed by atoms with Gasteiger partial charge < -0.3 is 5.32 Å². The molecule has 1 saturated heterocycles. The van der Waals surface area contributed by atoms with Crippen LogP contribution in [0, 0.1) is 0 Å². The number of thioether (sulfide) groups is 2. The normalized spacial score (nSPS) is 18.6. The third-order valence-electron chi connectivity index (χ3n) is 4.36. The number of nitrogens with zero attached hydrogens (tertiary/aromatic N) is 1. The molecule has 0 bridgehead atoms. The molecule has 0 aliphatic carbocycles. The summed E-state index contributed by atoms with van der Waals surface area (Å²) < 4.78 is 0.218. The Bertz CT molecular complexity index is 980. The fourth-order valence-electron chi connectivity index (χ4n) is 2.95. The second-order valence-corrected chi connectivity index (χ2v) is 9.09. The lowest BCUT2D eigenvalue weighted by Gasteiger charge is -2.12. The van der Waals surface area contributed by atoms with Crippen LogP contribution in [0.2, 0.25) is 0 Å². The van der Waals surface area contributed by atoms with E-state index < -0.39 is 0 Å². The molecule has 2 unspecified atom stereocenters. The zero-order valence-corrected chi connectivity index (χ0v) is 16.6. The van der Waals surface area contributed by atoms with Gasteiger partial charge in [0, 0.05) is 35.0 Å². The van der Waals surface area contributed by atoms with E-state index in [1.54, 1.807) is 60.1 Å². The van der Waals surface area contributed by atoms with Crippen LogP contribution < -0.4 is 5.32 Å². The number of anilines is 1. The first-order valence-corrected chi connectivity index (χ1v) is 10.9. The van der Waals surface area contributed by atoms with Gasteiger partial charge in [-0.2, -0.15) is 0 Å². The SMILES string of the molecule is O=C(c1ccccc1)c1cccc(NC(=O)C2CSC(c3cccnc3)S2)c1. The van der Waals surface area contributed by atoms with E-state index >= 15 is 0 Å². The van der Waals surface area contributed by atoms with Crippen LogP contribution in [0.4, 0.5) is 5.69 Å². The number of ketones is 1. The predicted octanol–water partition coefficient (Wildman–Crippen LogP) is 4.80. The minimum Gasteiger partial charge on any atom is -0.325 e. The summed E-state index contributed by atoms with van der Waals surface area (Å²) in [7, 11) is 0. The van der Waals surface area contributed by atoms with Crippen molar-refractivity contribution in [3.63, 3.8) is 0 Å². The van der Waals surface area contributed by atoms with Crippen LogP contribution in [0.1, 0.15) is 26.1 Å². The molecule has 0 radical (unpaired) electrons. The number of rotatable bonds is 5. The summed E-state index contributed by atoms with van der Waals surface area (Å²) in [5.41, 5.74) is 2.96. The highest BCUT2D eigenvalue weighted by Gasteiger charge is 2.32. The van der Waals surface area contributed by atoms with Crippen LogP contribution in [-0.2, 0) is 4.79 Å². The van der Waals surface area contributed by atoms with Crippen LogP contribution in [0.3, 0.4) is 0 Å². The number of hydrogen-bond donors (Lipinski definition) is 1. The van der Waals surface area contributed by atoms with Crippen molar-refractivity contribution in [2.45, 2.75) is 9.83 Å². The summed E-state index contributed by atoms with van der Waals surface area (Å²) in [5.74, 6) is 0.658. The van der Waals surface area contributed by atoms with Gasteiger partial charge in [-0.25, -0.2) is 0 Å². The highest BCUT2D eigenvalue weighted by atomic mass is 32.2. The molecule has 1 fully saturated rings. The Morgan fingerprint density at radius 2 is 1.79 bits per heavy atom. The number of aromatic nitrogens is 1. The van der Waals surface area contributed by atoms with E-state index in [1.165, 1.54) is 0 Å². The molecule has 28 heavy (non-hydrogen) atoms. The molecule has 3 aromatic rings. The molecule has 4 rings (SSSR count). The Morgan fingerprint density at radius 1 is 0.964 bits per heavy atom. The van der Waals surface area contributed by atoms with Crippen molar-refractivity contribution >= 4 is 40.9 Å². The van der Waals surface area contributed by atoms with Crippen molar-refractivity contribution in [2.24, 2.45) is 0 Å². The Kier molecular flexibility index (Phi) is 5.78. The molecule has 0 saturated carbocycles. The second-order valence-electron chi connectivity index (χ2n) is 6.34. The van der Waals surface area contributed by atoms with Crippen molar-refractivity contribution < 1.29 is 9.59 Å². The van der Waals surface area contributed by atoms with Gasteiger partial charge in [-0.15, -0.1) is 23.5 Å². The first kappa shape index (κ1) is 18.8. The lowest BCUT2D eigenvalue weighted by Crippen LogP contribution is -2.25. The molecule has 1 aliphatic heterocycles. The summed E-state index contributed by atoms with van der Waals surface area (Å²) in [6, 6.07) is 20.2. The van der Waals surface area contributed by atoms with E-state index in [1.807, 2.05) is 42.6 Å². The fraction of sp³-hybridized carbons (Fsp3) is 0.136. The Balaban J connectivity index is 1.42. The molecule has 1 aromatic heterocycles. The maximum absolute atomic E-state index is 12.7. The third-order valence-corrected chi connectivity index (χ3v) is 7.65. The maximum atomic E-state index is 12.7. The molecule has 140 valence electrons. The summed E-state index contributed by atoms with van der Waals surface area (Å²) in [5, 5.41) is 2.83. The number of pyridine rings is 1. The molecule has 6 heteroatoms. The van der Waals surface area contributed by atoms with Crippen molar-refractivity contribution in [3.05, 3.63) is 95.8 Å². The standard InChI is InChI=1S/C22H18N2O2S2/c25-20(15-6-2-1-3-7-15)16-8-4-10-18(12-16)24-21(26)19-14-27-22(28-19)17-9-5-11-23-13-17/h1-13,19,22H,14H2,(H,24,26). The quantitative estimate of drug-likeness (QED) is 0.617. The summed E-state index contributed by atoms with van der Waals surface area (Å²) in [6.07, 6.45) is 3.60.